The molecule has 1 aliphatic heterocycles. The van der Waals surface area contributed by atoms with Gasteiger partial charge in [0.2, 0.25) is 11.8 Å². The maximum atomic E-state index is 11.5. The van der Waals surface area contributed by atoms with Gasteiger partial charge in [-0.2, -0.15) is 0 Å². The first-order chi connectivity index (χ1) is 9.08. The largest absolute Gasteiger partial charge is 0.368 e. The van der Waals surface area contributed by atoms with Crippen molar-refractivity contribution in [1.82, 2.24) is 9.80 Å². The maximum absolute atomic E-state index is 11.5. The smallest absolute Gasteiger partial charge is 0.241 e. The third kappa shape index (κ3) is 3.32. The average Bonchev–Trinajstić information content (AvgIpc) is 2.39. The standard InChI is InChI=1S/C14H19N3O2/c1-11(18)17-8-7-16(10-13(17)14(15)19)9-12-5-3-2-4-6-12/h2-6,13H,7-10H2,1H3,(H2,15,19)/t13-/m0/s1. The van der Waals surface area contributed by atoms with E-state index in [9.17, 15) is 9.59 Å². The van der Waals surface area contributed by atoms with Gasteiger partial charge in [-0.25, -0.2) is 0 Å². The number of carbonyl (C=O) groups excluding carboxylic acids is 2. The first-order valence-corrected chi connectivity index (χ1v) is 6.40. The minimum atomic E-state index is -0.519. The molecule has 0 bridgehead atoms. The van der Waals surface area contributed by atoms with Crippen LogP contribution in [0.2, 0.25) is 0 Å². The Morgan fingerprint density at radius 3 is 2.53 bits per heavy atom. The van der Waals surface area contributed by atoms with Crippen LogP contribution in [-0.4, -0.2) is 47.3 Å². The molecule has 1 fully saturated rings. The lowest BCUT2D eigenvalue weighted by Crippen LogP contribution is -2.59. The molecule has 102 valence electrons. The fourth-order valence-electron chi connectivity index (χ4n) is 2.45. The van der Waals surface area contributed by atoms with Crippen molar-refractivity contribution in [3.63, 3.8) is 0 Å². The molecule has 2 N–H and O–H groups in total. The van der Waals surface area contributed by atoms with E-state index in [1.807, 2.05) is 18.2 Å². The molecule has 2 amide bonds. The van der Waals surface area contributed by atoms with E-state index < -0.39 is 11.9 Å². The number of piperazine rings is 1. The van der Waals surface area contributed by atoms with E-state index in [0.29, 0.717) is 13.1 Å². The van der Waals surface area contributed by atoms with Gasteiger partial charge in [-0.05, 0) is 5.56 Å². The topological polar surface area (TPSA) is 66.6 Å². The van der Waals surface area contributed by atoms with Crippen LogP contribution in [0.5, 0.6) is 0 Å². The van der Waals surface area contributed by atoms with Crippen LogP contribution in [0.3, 0.4) is 0 Å². The quantitative estimate of drug-likeness (QED) is 0.845. The van der Waals surface area contributed by atoms with Crippen LogP contribution < -0.4 is 5.73 Å². The fraction of sp³-hybridized carbons (Fsp3) is 0.429. The van der Waals surface area contributed by atoms with E-state index in [1.165, 1.54) is 12.5 Å². The molecule has 19 heavy (non-hydrogen) atoms. The second-order valence-corrected chi connectivity index (χ2v) is 4.85. The molecule has 2 rings (SSSR count). The third-order valence-corrected chi connectivity index (χ3v) is 3.45. The van der Waals surface area contributed by atoms with E-state index >= 15 is 0 Å². The summed E-state index contributed by atoms with van der Waals surface area (Å²) < 4.78 is 0. The summed E-state index contributed by atoms with van der Waals surface area (Å²) in [7, 11) is 0. The zero-order valence-electron chi connectivity index (χ0n) is 11.1. The van der Waals surface area contributed by atoms with Gasteiger partial charge in [0, 0.05) is 33.1 Å². The summed E-state index contributed by atoms with van der Waals surface area (Å²) >= 11 is 0. The van der Waals surface area contributed by atoms with Crippen molar-refractivity contribution in [3.8, 4) is 0 Å². The Hall–Kier alpha value is -1.88. The summed E-state index contributed by atoms with van der Waals surface area (Å²) in [5, 5.41) is 0. The molecular weight excluding hydrogens is 242 g/mol. The van der Waals surface area contributed by atoms with Crippen molar-refractivity contribution in [2.75, 3.05) is 19.6 Å². The minimum Gasteiger partial charge on any atom is -0.368 e. The van der Waals surface area contributed by atoms with Crippen molar-refractivity contribution >= 4 is 11.8 Å². The van der Waals surface area contributed by atoms with Gasteiger partial charge >= 0.3 is 0 Å². The van der Waals surface area contributed by atoms with Crippen LogP contribution in [0, 0.1) is 0 Å². The van der Waals surface area contributed by atoms with Crippen molar-refractivity contribution in [2.24, 2.45) is 5.73 Å². The molecule has 0 unspecified atom stereocenters. The number of nitrogens with two attached hydrogens (primary N) is 1. The van der Waals surface area contributed by atoms with Crippen molar-refractivity contribution < 1.29 is 9.59 Å². The van der Waals surface area contributed by atoms with Crippen LogP contribution in [0.25, 0.3) is 0 Å². The molecule has 0 aliphatic carbocycles. The molecular formula is C14H19N3O2. The average molecular weight is 261 g/mol. The summed E-state index contributed by atoms with van der Waals surface area (Å²) in [6.07, 6.45) is 0. The van der Waals surface area contributed by atoms with Gasteiger partial charge in [0.05, 0.1) is 0 Å². The van der Waals surface area contributed by atoms with Crippen molar-refractivity contribution in [3.05, 3.63) is 35.9 Å². The van der Waals surface area contributed by atoms with Gasteiger partial charge in [0.15, 0.2) is 0 Å². The van der Waals surface area contributed by atoms with Crippen LogP contribution in [0.4, 0.5) is 0 Å². The first-order valence-electron chi connectivity index (χ1n) is 6.40. The van der Waals surface area contributed by atoms with Gasteiger partial charge in [0.25, 0.3) is 0 Å². The molecule has 1 aromatic carbocycles. The van der Waals surface area contributed by atoms with E-state index in [0.717, 1.165) is 13.1 Å². The predicted octanol–water partition coefficient (Wildman–Crippen LogP) is 0.205. The molecule has 5 heteroatoms. The minimum absolute atomic E-state index is 0.0943. The number of carbonyl (C=O) groups is 2. The van der Waals surface area contributed by atoms with Crippen LogP contribution >= 0.6 is 0 Å². The zero-order chi connectivity index (χ0) is 13.8. The monoisotopic (exact) mass is 261 g/mol. The molecule has 0 spiro atoms. The van der Waals surface area contributed by atoms with Gasteiger partial charge in [0.1, 0.15) is 6.04 Å². The highest BCUT2D eigenvalue weighted by atomic mass is 16.2. The summed E-state index contributed by atoms with van der Waals surface area (Å²) in [5.41, 5.74) is 6.59. The highest BCUT2D eigenvalue weighted by molar-refractivity contribution is 5.86. The molecule has 1 heterocycles. The Labute approximate surface area is 113 Å². The second kappa shape index (κ2) is 5.84. The molecule has 1 aromatic rings. The molecule has 1 atom stereocenters. The van der Waals surface area contributed by atoms with Crippen molar-refractivity contribution in [2.45, 2.75) is 19.5 Å². The summed E-state index contributed by atoms with van der Waals surface area (Å²) in [5.74, 6) is -0.531. The number of amides is 2. The highest BCUT2D eigenvalue weighted by Crippen LogP contribution is 2.13. The molecule has 1 saturated heterocycles. The van der Waals surface area contributed by atoms with E-state index in [-0.39, 0.29) is 5.91 Å². The summed E-state index contributed by atoms with van der Waals surface area (Å²) in [4.78, 5) is 26.7. The van der Waals surface area contributed by atoms with Crippen LogP contribution in [-0.2, 0) is 16.1 Å². The lowest BCUT2D eigenvalue weighted by atomic mass is 10.1. The second-order valence-electron chi connectivity index (χ2n) is 4.85. The number of nitrogens with zero attached hydrogens (tertiary/aromatic N) is 2. The number of hydrogen-bond donors (Lipinski definition) is 1. The van der Waals surface area contributed by atoms with Gasteiger partial charge in [-0.15, -0.1) is 0 Å². The summed E-state index contributed by atoms with van der Waals surface area (Å²) in [6.45, 7) is 4.07. The Kier molecular flexibility index (Phi) is 4.16. The highest BCUT2D eigenvalue weighted by Gasteiger charge is 2.32. The van der Waals surface area contributed by atoms with Gasteiger partial charge < -0.3 is 10.6 Å². The van der Waals surface area contributed by atoms with Gasteiger partial charge in [-0.3, -0.25) is 14.5 Å². The SMILES string of the molecule is CC(=O)N1CCN(Cc2ccccc2)C[C@H]1C(N)=O. The third-order valence-electron chi connectivity index (χ3n) is 3.45. The lowest BCUT2D eigenvalue weighted by molar-refractivity contribution is -0.141. The number of rotatable bonds is 3. The predicted molar refractivity (Wildman–Crippen MR) is 72.1 cm³/mol. The molecule has 0 saturated carbocycles. The first kappa shape index (κ1) is 13.5. The number of hydrogen-bond acceptors (Lipinski definition) is 3. The van der Waals surface area contributed by atoms with Crippen LogP contribution in [0.15, 0.2) is 30.3 Å². The Balaban J connectivity index is 2.03. The van der Waals surface area contributed by atoms with E-state index in [1.54, 1.807) is 4.90 Å². The molecule has 1 aliphatic rings. The zero-order valence-corrected chi connectivity index (χ0v) is 11.1. The molecule has 0 radical (unpaired) electrons. The fourth-order valence-corrected chi connectivity index (χ4v) is 2.45. The molecule has 0 aromatic heterocycles. The number of benzene rings is 1. The van der Waals surface area contributed by atoms with E-state index in [4.69, 9.17) is 5.73 Å². The van der Waals surface area contributed by atoms with Gasteiger partial charge in [-0.1, -0.05) is 30.3 Å². The van der Waals surface area contributed by atoms with Crippen molar-refractivity contribution in [1.29, 1.82) is 0 Å². The maximum Gasteiger partial charge on any atom is 0.241 e. The van der Waals surface area contributed by atoms with Crippen LogP contribution in [0.1, 0.15) is 12.5 Å². The summed E-state index contributed by atoms with van der Waals surface area (Å²) in [6, 6.07) is 9.55. The normalized spacial score (nSPS) is 20.3. The Morgan fingerprint density at radius 1 is 1.26 bits per heavy atom. The Morgan fingerprint density at radius 2 is 1.95 bits per heavy atom. The lowest BCUT2D eigenvalue weighted by Gasteiger charge is -2.39. The molecule has 5 nitrogen and oxygen atoms in total. The van der Waals surface area contributed by atoms with E-state index in [2.05, 4.69) is 17.0 Å². The number of primary amides is 1. The Bertz CT molecular complexity index is 461.